The van der Waals surface area contributed by atoms with Crippen LogP contribution in [0.15, 0.2) is 47.6 Å². The lowest BCUT2D eigenvalue weighted by Crippen LogP contribution is -2.19. The molecule has 4 rings (SSSR count). The number of Topliss-reactive ketones (excluding diaryl/α,β-unsaturated/α-hetero) is 1. The van der Waals surface area contributed by atoms with Crippen LogP contribution < -0.4 is 10.1 Å². The summed E-state index contributed by atoms with van der Waals surface area (Å²) in [6.45, 7) is 7.46. The summed E-state index contributed by atoms with van der Waals surface area (Å²) in [6.07, 6.45) is 2.10. The van der Waals surface area contributed by atoms with Crippen LogP contribution in [0.2, 0.25) is 0 Å². The number of nitrogens with one attached hydrogen (secondary N) is 1. The van der Waals surface area contributed by atoms with Gasteiger partial charge < -0.3 is 14.6 Å². The predicted octanol–water partition coefficient (Wildman–Crippen LogP) is 4.94. The maximum atomic E-state index is 12.9. The van der Waals surface area contributed by atoms with Crippen LogP contribution >= 0.6 is 11.8 Å². The Bertz CT molecular complexity index is 1170. The molecule has 3 aromatic rings. The largest absolute Gasteiger partial charge is 0.486 e. The van der Waals surface area contributed by atoms with Gasteiger partial charge in [0, 0.05) is 24.2 Å². The van der Waals surface area contributed by atoms with E-state index in [-0.39, 0.29) is 17.4 Å². The van der Waals surface area contributed by atoms with E-state index in [0.29, 0.717) is 36.1 Å². The van der Waals surface area contributed by atoms with Crippen LogP contribution in [-0.4, -0.2) is 32.2 Å². The molecule has 0 atom stereocenters. The lowest BCUT2D eigenvalue weighted by Gasteiger charge is -2.17. The van der Waals surface area contributed by atoms with Gasteiger partial charge in [-0.1, -0.05) is 44.7 Å². The molecule has 0 saturated carbocycles. The molecule has 1 aliphatic rings. The van der Waals surface area contributed by atoms with E-state index in [4.69, 9.17) is 4.74 Å². The molecule has 2 heterocycles. The Morgan fingerprint density at radius 2 is 1.94 bits per heavy atom. The molecule has 8 heteroatoms. The van der Waals surface area contributed by atoms with Gasteiger partial charge in [0.25, 0.3) is 0 Å². The van der Waals surface area contributed by atoms with E-state index in [1.165, 1.54) is 17.3 Å². The first kappa shape index (κ1) is 24.0. The molecular weight excluding hydrogens is 448 g/mol. The molecule has 2 aromatic carbocycles. The van der Waals surface area contributed by atoms with Crippen LogP contribution in [0.4, 0.5) is 5.69 Å². The third kappa shape index (κ3) is 5.86. The smallest absolute Gasteiger partial charge is 0.224 e. The van der Waals surface area contributed by atoms with Crippen LogP contribution in [0.5, 0.6) is 5.75 Å². The highest BCUT2D eigenvalue weighted by Crippen LogP contribution is 2.26. The van der Waals surface area contributed by atoms with Crippen LogP contribution in [0.3, 0.4) is 0 Å². The van der Waals surface area contributed by atoms with Gasteiger partial charge in [0.05, 0.1) is 5.75 Å². The molecule has 0 aliphatic carbocycles. The zero-order valence-corrected chi connectivity index (χ0v) is 20.7. The van der Waals surface area contributed by atoms with Gasteiger partial charge in [0.15, 0.2) is 16.8 Å². The molecule has 0 fully saturated rings. The second kappa shape index (κ2) is 10.9. The quantitative estimate of drug-likeness (QED) is 0.328. The third-order valence-electron chi connectivity index (χ3n) is 5.70. The van der Waals surface area contributed by atoms with E-state index >= 15 is 0 Å². The average molecular weight is 479 g/mol. The molecule has 34 heavy (non-hydrogen) atoms. The number of nitrogens with zero attached hydrogens (tertiary/aromatic N) is 3. The molecule has 0 saturated heterocycles. The molecule has 0 spiro atoms. The highest BCUT2D eigenvalue weighted by atomic mass is 32.2. The summed E-state index contributed by atoms with van der Waals surface area (Å²) in [6, 6.07) is 13.6. The number of amides is 1. The normalized spacial score (nSPS) is 13.0. The minimum absolute atomic E-state index is 0.0179. The Kier molecular flexibility index (Phi) is 7.67. The third-order valence-corrected chi connectivity index (χ3v) is 6.66. The van der Waals surface area contributed by atoms with E-state index in [2.05, 4.69) is 48.4 Å². The second-order valence-electron chi connectivity index (χ2n) is 8.82. The van der Waals surface area contributed by atoms with Crippen LogP contribution in [0.25, 0.3) is 0 Å². The number of rotatable bonds is 10. The summed E-state index contributed by atoms with van der Waals surface area (Å²) in [4.78, 5) is 24.4. The van der Waals surface area contributed by atoms with Crippen LogP contribution in [-0.2, 0) is 30.8 Å². The number of anilines is 1. The Hall–Kier alpha value is -3.13. The number of carbonyl (C=O) groups is 2. The summed E-state index contributed by atoms with van der Waals surface area (Å²) in [5, 5.41) is 12.3. The number of ketones is 1. The summed E-state index contributed by atoms with van der Waals surface area (Å²) >= 11 is 1.39. The van der Waals surface area contributed by atoms with Crippen molar-refractivity contribution in [3.05, 3.63) is 65.0 Å². The predicted molar refractivity (Wildman–Crippen MR) is 133 cm³/mol. The number of thioether (sulfide) groups is 1. The topological polar surface area (TPSA) is 86.1 Å². The van der Waals surface area contributed by atoms with Crippen molar-refractivity contribution in [2.45, 2.75) is 58.3 Å². The lowest BCUT2D eigenvalue weighted by molar-refractivity contribution is -0.116. The van der Waals surface area contributed by atoms with Crippen molar-refractivity contribution in [1.82, 2.24) is 14.8 Å². The first-order chi connectivity index (χ1) is 16.4. The van der Waals surface area contributed by atoms with E-state index in [0.717, 1.165) is 35.8 Å². The molecule has 178 valence electrons. The number of hydrogen-bond acceptors (Lipinski definition) is 6. The number of benzene rings is 2. The Morgan fingerprint density at radius 1 is 1.15 bits per heavy atom. The van der Waals surface area contributed by atoms with Crippen LogP contribution in [0, 0.1) is 5.92 Å². The van der Waals surface area contributed by atoms with Crippen molar-refractivity contribution in [2.75, 3.05) is 11.1 Å². The maximum Gasteiger partial charge on any atom is 0.224 e. The maximum absolute atomic E-state index is 12.9. The molecule has 1 N–H and O–H groups in total. The molecule has 7 nitrogen and oxygen atoms in total. The summed E-state index contributed by atoms with van der Waals surface area (Å²) < 4.78 is 8.00. The van der Waals surface area contributed by atoms with Crippen molar-refractivity contribution in [3.8, 4) is 5.75 Å². The number of fused-ring (bicyclic) bond motifs is 1. The van der Waals surface area contributed by atoms with Gasteiger partial charge in [0.2, 0.25) is 5.91 Å². The second-order valence-corrected chi connectivity index (χ2v) is 9.76. The summed E-state index contributed by atoms with van der Waals surface area (Å²) in [5.74, 6) is 2.24. The SMILES string of the molecule is CCc1ccc(OCc2nnc(SCC(=O)c3ccc4c(c3)CCC(=O)N4)n2CC(C)C)cc1. The van der Waals surface area contributed by atoms with Gasteiger partial charge in [-0.05, 0) is 60.2 Å². The zero-order chi connectivity index (χ0) is 24.1. The first-order valence-corrected chi connectivity index (χ1v) is 12.6. The lowest BCUT2D eigenvalue weighted by atomic mass is 9.99. The van der Waals surface area contributed by atoms with Gasteiger partial charge in [-0.15, -0.1) is 10.2 Å². The van der Waals surface area contributed by atoms with Gasteiger partial charge in [-0.25, -0.2) is 0 Å². The number of ether oxygens (including phenoxy) is 1. The first-order valence-electron chi connectivity index (χ1n) is 11.7. The zero-order valence-electron chi connectivity index (χ0n) is 19.8. The van der Waals surface area contributed by atoms with E-state index in [1.807, 2.05) is 28.8 Å². The molecule has 0 radical (unpaired) electrons. The van der Waals surface area contributed by atoms with Crippen molar-refractivity contribution in [1.29, 1.82) is 0 Å². The molecule has 0 unspecified atom stereocenters. The fourth-order valence-electron chi connectivity index (χ4n) is 3.82. The summed E-state index contributed by atoms with van der Waals surface area (Å²) in [7, 11) is 0. The van der Waals surface area contributed by atoms with E-state index in [1.54, 1.807) is 6.07 Å². The van der Waals surface area contributed by atoms with Gasteiger partial charge in [-0.2, -0.15) is 0 Å². The number of aromatic nitrogens is 3. The average Bonchev–Trinajstić information content (AvgIpc) is 3.21. The molecule has 1 amide bonds. The number of hydrogen-bond donors (Lipinski definition) is 1. The van der Waals surface area contributed by atoms with Crippen molar-refractivity contribution < 1.29 is 14.3 Å². The molecule has 1 aliphatic heterocycles. The Morgan fingerprint density at radius 3 is 2.68 bits per heavy atom. The van der Waals surface area contributed by atoms with Gasteiger partial charge in [-0.3, -0.25) is 9.59 Å². The Labute approximate surface area is 204 Å². The molecule has 1 aromatic heterocycles. The van der Waals surface area contributed by atoms with Gasteiger partial charge in [0.1, 0.15) is 12.4 Å². The monoisotopic (exact) mass is 478 g/mol. The Balaban J connectivity index is 1.42. The fourth-order valence-corrected chi connectivity index (χ4v) is 4.68. The molecular formula is C26H30N4O3S. The van der Waals surface area contributed by atoms with Crippen molar-refractivity contribution >= 4 is 29.1 Å². The number of carbonyl (C=O) groups excluding carboxylic acids is 2. The van der Waals surface area contributed by atoms with Crippen molar-refractivity contribution in [2.24, 2.45) is 5.92 Å². The standard InChI is InChI=1S/C26H30N4O3S/c1-4-18-5-9-21(10-6-18)33-15-24-28-29-26(30(24)14-17(2)3)34-16-23(31)20-7-11-22-19(13-20)8-12-25(32)27-22/h5-7,9-11,13,17H,4,8,12,14-16H2,1-3H3,(H,27,32). The molecule has 0 bridgehead atoms. The summed E-state index contributed by atoms with van der Waals surface area (Å²) in [5.41, 5.74) is 3.72. The van der Waals surface area contributed by atoms with E-state index < -0.39 is 0 Å². The minimum atomic E-state index is 0.0179. The minimum Gasteiger partial charge on any atom is -0.486 e. The van der Waals surface area contributed by atoms with Crippen LogP contribution in [0.1, 0.15) is 54.5 Å². The number of aryl methyl sites for hydroxylation is 2. The highest BCUT2D eigenvalue weighted by Gasteiger charge is 2.19. The van der Waals surface area contributed by atoms with E-state index in [9.17, 15) is 9.59 Å². The van der Waals surface area contributed by atoms with Gasteiger partial charge >= 0.3 is 0 Å². The van der Waals surface area contributed by atoms with Crippen molar-refractivity contribution in [3.63, 3.8) is 0 Å². The highest BCUT2D eigenvalue weighted by molar-refractivity contribution is 7.99. The fraction of sp³-hybridized carbons (Fsp3) is 0.385.